The Bertz CT molecular complexity index is 608. The molecule has 0 aliphatic carbocycles. The molecule has 3 rings (SSSR count). The van der Waals surface area contributed by atoms with Gasteiger partial charge in [0.25, 0.3) is 5.91 Å². The smallest absolute Gasteiger partial charge is 0.383 e. The third-order valence-electron chi connectivity index (χ3n) is 4.03. The van der Waals surface area contributed by atoms with Gasteiger partial charge in [0.1, 0.15) is 13.2 Å². The maximum atomic E-state index is 13.4. The number of para-hydroxylation sites is 1. The molecule has 2 aliphatic rings. The summed E-state index contributed by atoms with van der Waals surface area (Å²) < 4.78 is 62.8. The van der Waals surface area contributed by atoms with E-state index in [2.05, 4.69) is 0 Å². The largest absolute Gasteiger partial charge is 0.486 e. The second kappa shape index (κ2) is 5.90. The Hall–Kier alpha value is -1.99. The van der Waals surface area contributed by atoms with E-state index in [9.17, 15) is 22.4 Å². The molecule has 0 spiro atoms. The van der Waals surface area contributed by atoms with Gasteiger partial charge in [-0.3, -0.25) is 4.79 Å². The van der Waals surface area contributed by atoms with Crippen molar-refractivity contribution in [3.63, 3.8) is 0 Å². The van der Waals surface area contributed by atoms with Gasteiger partial charge in [-0.1, -0.05) is 12.1 Å². The number of alkyl halides is 4. The van der Waals surface area contributed by atoms with Crippen molar-refractivity contribution in [3.05, 3.63) is 23.8 Å². The summed E-state index contributed by atoms with van der Waals surface area (Å²) in [6.45, 7) is 0.682. The fourth-order valence-corrected chi connectivity index (χ4v) is 2.98. The van der Waals surface area contributed by atoms with Crippen LogP contribution in [0.15, 0.2) is 18.2 Å². The van der Waals surface area contributed by atoms with Crippen LogP contribution in [0.4, 0.5) is 17.6 Å². The highest BCUT2D eigenvalue weighted by Gasteiger charge is 2.53. The minimum atomic E-state index is -4.69. The van der Waals surface area contributed by atoms with Crippen molar-refractivity contribution < 1.29 is 31.8 Å². The summed E-state index contributed by atoms with van der Waals surface area (Å²) in [5.41, 5.74) is 0.512. The zero-order valence-corrected chi connectivity index (χ0v) is 12.1. The van der Waals surface area contributed by atoms with Gasteiger partial charge >= 0.3 is 12.3 Å². The van der Waals surface area contributed by atoms with Gasteiger partial charge < -0.3 is 14.4 Å². The summed E-state index contributed by atoms with van der Waals surface area (Å²) >= 11 is 0. The molecule has 1 aromatic rings. The first-order chi connectivity index (χ1) is 10.9. The summed E-state index contributed by atoms with van der Waals surface area (Å²) in [5.74, 6) is -5.67. The van der Waals surface area contributed by atoms with Crippen LogP contribution in [0.5, 0.6) is 11.5 Å². The lowest BCUT2D eigenvalue weighted by molar-refractivity contribution is -0.181. The second-order valence-electron chi connectivity index (χ2n) is 5.45. The molecule has 1 saturated heterocycles. The van der Waals surface area contributed by atoms with E-state index in [1.165, 1.54) is 0 Å². The number of ether oxygens (including phenoxy) is 2. The number of likely N-dealkylation sites (tertiary alicyclic amines) is 1. The predicted molar refractivity (Wildman–Crippen MR) is 72.1 cm³/mol. The number of halogens is 4. The fraction of sp³-hybridized carbons (Fsp3) is 0.533. The van der Waals surface area contributed by atoms with Gasteiger partial charge in [-0.05, 0) is 18.9 Å². The lowest BCUT2D eigenvalue weighted by Crippen LogP contribution is -2.47. The van der Waals surface area contributed by atoms with E-state index in [-0.39, 0.29) is 6.54 Å². The highest BCUT2D eigenvalue weighted by molar-refractivity contribution is 5.84. The molecule has 1 aromatic carbocycles. The summed E-state index contributed by atoms with van der Waals surface area (Å²) in [6.07, 6.45) is -3.16. The molecule has 8 heteroatoms. The van der Waals surface area contributed by atoms with Crippen LogP contribution in [0.1, 0.15) is 24.4 Å². The maximum absolute atomic E-state index is 13.4. The van der Waals surface area contributed by atoms with Crippen LogP contribution in [0, 0.1) is 0 Å². The van der Waals surface area contributed by atoms with E-state index in [1.54, 1.807) is 18.2 Å². The number of hydrogen-bond acceptors (Lipinski definition) is 3. The minimum Gasteiger partial charge on any atom is -0.486 e. The Kier molecular flexibility index (Phi) is 4.08. The van der Waals surface area contributed by atoms with E-state index in [4.69, 9.17) is 9.47 Å². The Balaban J connectivity index is 1.92. The van der Waals surface area contributed by atoms with Gasteiger partial charge in [0.05, 0.1) is 6.04 Å². The summed E-state index contributed by atoms with van der Waals surface area (Å²) in [4.78, 5) is 12.7. The van der Waals surface area contributed by atoms with Gasteiger partial charge in [-0.25, -0.2) is 8.78 Å². The molecular weight excluding hydrogens is 318 g/mol. The molecule has 126 valence electrons. The number of hydrogen-bond donors (Lipinski definition) is 0. The van der Waals surface area contributed by atoms with E-state index < -0.39 is 24.3 Å². The van der Waals surface area contributed by atoms with E-state index >= 15 is 0 Å². The van der Waals surface area contributed by atoms with Gasteiger partial charge in [0, 0.05) is 12.1 Å². The lowest BCUT2D eigenvalue weighted by atomic mass is 10.0. The third kappa shape index (κ3) is 2.70. The molecule has 2 heterocycles. The second-order valence-corrected chi connectivity index (χ2v) is 5.45. The van der Waals surface area contributed by atoms with Gasteiger partial charge in [0.2, 0.25) is 0 Å². The van der Waals surface area contributed by atoms with Crippen LogP contribution in [-0.4, -0.2) is 42.9 Å². The predicted octanol–water partition coefficient (Wildman–Crippen LogP) is 3.02. The Morgan fingerprint density at radius 1 is 1.26 bits per heavy atom. The zero-order chi connectivity index (χ0) is 16.6. The molecule has 0 saturated carbocycles. The molecule has 0 radical (unpaired) electrons. The Morgan fingerprint density at radius 3 is 2.74 bits per heavy atom. The minimum absolute atomic E-state index is 0.0103. The maximum Gasteiger partial charge on any atom is 0.383 e. The number of amides is 1. The number of fused-ring (bicyclic) bond motifs is 1. The molecule has 23 heavy (non-hydrogen) atoms. The molecule has 0 N–H and O–H groups in total. The average Bonchev–Trinajstić information content (AvgIpc) is 3.02. The normalized spacial score (nSPS) is 20.9. The molecule has 1 fully saturated rings. The number of carbonyl (C=O) groups is 1. The van der Waals surface area contributed by atoms with Crippen molar-refractivity contribution in [3.8, 4) is 11.5 Å². The van der Waals surface area contributed by atoms with Crippen LogP contribution in [0.2, 0.25) is 0 Å². The van der Waals surface area contributed by atoms with Crippen molar-refractivity contribution in [1.29, 1.82) is 0 Å². The Labute approximate surface area is 130 Å². The Morgan fingerprint density at radius 2 is 2.00 bits per heavy atom. The van der Waals surface area contributed by atoms with E-state index in [1.807, 2.05) is 0 Å². The van der Waals surface area contributed by atoms with Crippen LogP contribution in [0.25, 0.3) is 0 Å². The number of benzene rings is 1. The first-order valence-electron chi connectivity index (χ1n) is 7.28. The molecule has 1 amide bonds. The highest BCUT2D eigenvalue weighted by Crippen LogP contribution is 2.44. The molecule has 0 unspecified atom stereocenters. The molecule has 4 nitrogen and oxygen atoms in total. The monoisotopic (exact) mass is 333 g/mol. The molecule has 1 atom stereocenters. The van der Waals surface area contributed by atoms with E-state index in [0.29, 0.717) is 43.1 Å². The summed E-state index contributed by atoms with van der Waals surface area (Å²) in [7, 11) is 0. The summed E-state index contributed by atoms with van der Waals surface area (Å²) in [5, 5.41) is 0. The number of rotatable bonds is 3. The van der Waals surface area contributed by atoms with Crippen molar-refractivity contribution in [1.82, 2.24) is 4.90 Å². The quantitative estimate of drug-likeness (QED) is 0.798. The highest BCUT2D eigenvalue weighted by atomic mass is 19.3. The molecule has 2 aliphatic heterocycles. The van der Waals surface area contributed by atoms with Crippen LogP contribution in [-0.2, 0) is 4.79 Å². The van der Waals surface area contributed by atoms with Gasteiger partial charge in [0.15, 0.2) is 11.5 Å². The SMILES string of the molecule is O=C(N1CCC[C@@H]1c1cccc2c1OCCO2)C(F)(F)C(F)F. The fourth-order valence-electron chi connectivity index (χ4n) is 2.98. The summed E-state index contributed by atoms with van der Waals surface area (Å²) in [6, 6.07) is 4.26. The number of nitrogens with zero attached hydrogens (tertiary/aromatic N) is 1. The van der Waals surface area contributed by atoms with Crippen LogP contribution < -0.4 is 9.47 Å². The lowest BCUT2D eigenvalue weighted by Gasteiger charge is -2.30. The van der Waals surface area contributed by atoms with Crippen LogP contribution >= 0.6 is 0 Å². The molecular formula is C15H15F4NO3. The number of carbonyl (C=O) groups excluding carboxylic acids is 1. The van der Waals surface area contributed by atoms with Crippen LogP contribution in [0.3, 0.4) is 0 Å². The molecule has 0 bridgehead atoms. The first kappa shape index (κ1) is 15.9. The van der Waals surface area contributed by atoms with Gasteiger partial charge in [-0.15, -0.1) is 0 Å². The average molecular weight is 333 g/mol. The third-order valence-corrected chi connectivity index (χ3v) is 4.03. The van der Waals surface area contributed by atoms with Crippen molar-refractivity contribution in [2.24, 2.45) is 0 Å². The van der Waals surface area contributed by atoms with Crippen molar-refractivity contribution in [2.45, 2.75) is 31.2 Å². The molecule has 0 aromatic heterocycles. The van der Waals surface area contributed by atoms with Crippen molar-refractivity contribution >= 4 is 5.91 Å². The van der Waals surface area contributed by atoms with E-state index in [0.717, 1.165) is 4.90 Å². The van der Waals surface area contributed by atoms with Crippen molar-refractivity contribution in [2.75, 3.05) is 19.8 Å². The zero-order valence-electron chi connectivity index (χ0n) is 12.1. The first-order valence-corrected chi connectivity index (χ1v) is 7.28. The standard InChI is InChI=1S/C15H15F4NO3/c16-13(17)15(18,19)14(21)20-6-2-4-10(20)9-3-1-5-11-12(9)23-8-7-22-11/h1,3,5,10,13H,2,4,6-8H2/t10-/m1/s1. The van der Waals surface area contributed by atoms with Gasteiger partial charge in [-0.2, -0.15) is 8.78 Å². The topological polar surface area (TPSA) is 38.8 Å².